The number of benzene rings is 1. The van der Waals surface area contributed by atoms with E-state index in [1.54, 1.807) is 25.3 Å². The molecule has 2 aromatic rings. The Balaban J connectivity index is 2.35. The smallest absolute Gasteiger partial charge is 0.348 e. The lowest BCUT2D eigenvalue weighted by atomic mass is 10.1. The highest BCUT2D eigenvalue weighted by molar-refractivity contribution is 7.12. The standard InChI is InChI=1S/C14H12FNO3S/c1-7-3-4-10(15)9(5-7)13(17)16-11-8(2)6-20-12(11)14(18)19/h3-6H,1-2H3,(H,16,17)(H,18,19). The summed E-state index contributed by atoms with van der Waals surface area (Å²) in [6.45, 7) is 3.43. The van der Waals surface area contributed by atoms with Crippen LogP contribution in [-0.2, 0) is 0 Å². The van der Waals surface area contributed by atoms with Crippen molar-refractivity contribution in [2.45, 2.75) is 13.8 Å². The molecule has 0 saturated carbocycles. The van der Waals surface area contributed by atoms with Crippen molar-refractivity contribution in [2.24, 2.45) is 0 Å². The second-order valence-corrected chi connectivity index (χ2v) is 5.25. The van der Waals surface area contributed by atoms with Gasteiger partial charge in [0, 0.05) is 0 Å². The van der Waals surface area contributed by atoms with Crippen LogP contribution in [0.4, 0.5) is 10.1 Å². The molecule has 2 N–H and O–H groups in total. The van der Waals surface area contributed by atoms with E-state index in [1.807, 2.05) is 0 Å². The van der Waals surface area contributed by atoms with Crippen LogP contribution in [0.3, 0.4) is 0 Å². The molecule has 0 aliphatic heterocycles. The van der Waals surface area contributed by atoms with E-state index in [2.05, 4.69) is 5.32 Å². The summed E-state index contributed by atoms with van der Waals surface area (Å²) in [5.41, 5.74) is 1.49. The van der Waals surface area contributed by atoms with Gasteiger partial charge in [0.05, 0.1) is 11.3 Å². The number of carbonyl (C=O) groups is 2. The molecular weight excluding hydrogens is 281 g/mol. The molecule has 0 fully saturated rings. The van der Waals surface area contributed by atoms with Crippen LogP contribution in [0.25, 0.3) is 0 Å². The number of anilines is 1. The average molecular weight is 293 g/mol. The van der Waals surface area contributed by atoms with Crippen molar-refractivity contribution in [1.29, 1.82) is 0 Å². The number of amides is 1. The van der Waals surface area contributed by atoms with E-state index in [1.165, 1.54) is 12.1 Å². The lowest BCUT2D eigenvalue weighted by molar-refractivity contribution is 0.0703. The fourth-order valence-electron chi connectivity index (χ4n) is 1.75. The van der Waals surface area contributed by atoms with Crippen LogP contribution in [-0.4, -0.2) is 17.0 Å². The van der Waals surface area contributed by atoms with Gasteiger partial charge in [-0.3, -0.25) is 4.79 Å². The highest BCUT2D eigenvalue weighted by atomic mass is 32.1. The Morgan fingerprint density at radius 3 is 2.65 bits per heavy atom. The maximum absolute atomic E-state index is 13.6. The van der Waals surface area contributed by atoms with Crippen molar-refractivity contribution >= 4 is 28.9 Å². The molecule has 20 heavy (non-hydrogen) atoms. The van der Waals surface area contributed by atoms with Crippen LogP contribution in [0.15, 0.2) is 23.6 Å². The number of halogens is 1. The Kier molecular flexibility index (Phi) is 3.85. The highest BCUT2D eigenvalue weighted by Crippen LogP contribution is 2.28. The first-order valence-electron chi connectivity index (χ1n) is 5.79. The zero-order chi connectivity index (χ0) is 14.9. The minimum Gasteiger partial charge on any atom is -0.477 e. The number of hydrogen-bond acceptors (Lipinski definition) is 3. The molecule has 6 heteroatoms. The van der Waals surface area contributed by atoms with Crippen molar-refractivity contribution in [1.82, 2.24) is 0 Å². The van der Waals surface area contributed by atoms with Gasteiger partial charge in [0.25, 0.3) is 5.91 Å². The van der Waals surface area contributed by atoms with Crippen LogP contribution < -0.4 is 5.32 Å². The zero-order valence-corrected chi connectivity index (χ0v) is 11.7. The second-order valence-electron chi connectivity index (χ2n) is 4.37. The third-order valence-corrected chi connectivity index (χ3v) is 3.86. The molecule has 0 saturated heterocycles. The molecule has 0 bridgehead atoms. The Hall–Kier alpha value is -2.21. The van der Waals surface area contributed by atoms with Gasteiger partial charge in [-0.25, -0.2) is 9.18 Å². The number of carboxylic acids is 1. The van der Waals surface area contributed by atoms with Crippen LogP contribution in [0.5, 0.6) is 0 Å². The predicted molar refractivity (Wildman–Crippen MR) is 75.1 cm³/mol. The van der Waals surface area contributed by atoms with Gasteiger partial charge in [-0.05, 0) is 36.9 Å². The Morgan fingerprint density at radius 1 is 1.30 bits per heavy atom. The quantitative estimate of drug-likeness (QED) is 0.910. The van der Waals surface area contributed by atoms with E-state index in [9.17, 15) is 14.0 Å². The van der Waals surface area contributed by atoms with Crippen LogP contribution >= 0.6 is 11.3 Å². The topological polar surface area (TPSA) is 66.4 Å². The molecule has 0 spiro atoms. The number of aromatic carboxylic acids is 1. The number of hydrogen-bond donors (Lipinski definition) is 2. The van der Waals surface area contributed by atoms with Crippen LogP contribution in [0, 0.1) is 19.7 Å². The molecule has 2 rings (SSSR count). The number of rotatable bonds is 3. The van der Waals surface area contributed by atoms with E-state index < -0.39 is 17.7 Å². The molecular formula is C14H12FNO3S. The molecule has 1 heterocycles. The first kappa shape index (κ1) is 14.2. The Bertz CT molecular complexity index is 694. The van der Waals surface area contributed by atoms with E-state index >= 15 is 0 Å². The normalized spacial score (nSPS) is 10.3. The summed E-state index contributed by atoms with van der Waals surface area (Å²) in [5.74, 6) is -2.42. The van der Waals surface area contributed by atoms with Gasteiger partial charge >= 0.3 is 5.97 Å². The monoisotopic (exact) mass is 293 g/mol. The van der Waals surface area contributed by atoms with Gasteiger partial charge in [0.2, 0.25) is 0 Å². The number of nitrogens with one attached hydrogen (secondary N) is 1. The lowest BCUT2D eigenvalue weighted by Gasteiger charge is -2.08. The zero-order valence-electron chi connectivity index (χ0n) is 10.9. The van der Waals surface area contributed by atoms with E-state index in [0.717, 1.165) is 16.9 Å². The Labute approximate surface area is 118 Å². The van der Waals surface area contributed by atoms with Gasteiger partial charge in [0.1, 0.15) is 10.7 Å². The first-order chi connectivity index (χ1) is 9.40. The summed E-state index contributed by atoms with van der Waals surface area (Å²) in [7, 11) is 0. The van der Waals surface area contributed by atoms with Crippen molar-refractivity contribution in [3.8, 4) is 0 Å². The maximum atomic E-state index is 13.6. The summed E-state index contributed by atoms with van der Waals surface area (Å²) < 4.78 is 13.6. The van der Waals surface area contributed by atoms with E-state index in [-0.39, 0.29) is 16.1 Å². The number of carbonyl (C=O) groups excluding carboxylic acids is 1. The summed E-state index contributed by atoms with van der Waals surface area (Å²) >= 11 is 1.02. The number of carboxylic acid groups (broad SMARTS) is 1. The van der Waals surface area contributed by atoms with Crippen LogP contribution in [0.2, 0.25) is 0 Å². The molecule has 1 amide bonds. The van der Waals surface area contributed by atoms with Crippen molar-refractivity contribution in [3.05, 3.63) is 51.0 Å². The molecule has 4 nitrogen and oxygen atoms in total. The SMILES string of the molecule is Cc1ccc(F)c(C(=O)Nc2c(C)csc2C(=O)O)c1. The van der Waals surface area contributed by atoms with Gasteiger partial charge in [-0.15, -0.1) is 11.3 Å². The summed E-state index contributed by atoms with van der Waals surface area (Å²) in [6.07, 6.45) is 0. The van der Waals surface area contributed by atoms with Gasteiger partial charge < -0.3 is 10.4 Å². The van der Waals surface area contributed by atoms with Gasteiger partial charge in [-0.1, -0.05) is 11.6 Å². The van der Waals surface area contributed by atoms with Crippen molar-refractivity contribution in [3.63, 3.8) is 0 Å². The fourth-order valence-corrected chi connectivity index (χ4v) is 2.59. The van der Waals surface area contributed by atoms with E-state index in [0.29, 0.717) is 5.56 Å². The molecule has 0 radical (unpaired) electrons. The summed E-state index contributed by atoms with van der Waals surface area (Å²) in [6, 6.07) is 4.19. The first-order valence-corrected chi connectivity index (χ1v) is 6.67. The molecule has 0 aliphatic rings. The third kappa shape index (κ3) is 2.70. The summed E-state index contributed by atoms with van der Waals surface area (Å²) in [4.78, 5) is 23.2. The van der Waals surface area contributed by atoms with Gasteiger partial charge in [-0.2, -0.15) is 0 Å². The van der Waals surface area contributed by atoms with Gasteiger partial charge in [0.15, 0.2) is 0 Å². The molecule has 0 unspecified atom stereocenters. The Morgan fingerprint density at radius 2 is 2.00 bits per heavy atom. The predicted octanol–water partition coefficient (Wildman–Crippen LogP) is 3.45. The molecule has 0 atom stereocenters. The number of aryl methyl sites for hydroxylation is 2. The fraction of sp³-hybridized carbons (Fsp3) is 0.143. The number of thiophene rings is 1. The largest absolute Gasteiger partial charge is 0.477 e. The highest BCUT2D eigenvalue weighted by Gasteiger charge is 2.19. The molecule has 104 valence electrons. The molecule has 1 aromatic carbocycles. The minimum atomic E-state index is -1.12. The van der Waals surface area contributed by atoms with Crippen LogP contribution in [0.1, 0.15) is 31.2 Å². The van der Waals surface area contributed by atoms with Crippen molar-refractivity contribution < 1.29 is 19.1 Å². The lowest BCUT2D eigenvalue weighted by Crippen LogP contribution is -2.16. The van der Waals surface area contributed by atoms with E-state index in [4.69, 9.17) is 5.11 Å². The molecule has 0 aliphatic carbocycles. The maximum Gasteiger partial charge on any atom is 0.348 e. The third-order valence-electron chi connectivity index (χ3n) is 2.77. The minimum absolute atomic E-state index is 0.0314. The summed E-state index contributed by atoms with van der Waals surface area (Å²) in [5, 5.41) is 13.2. The average Bonchev–Trinajstić information content (AvgIpc) is 2.74. The molecule has 1 aromatic heterocycles. The van der Waals surface area contributed by atoms with Crippen molar-refractivity contribution in [2.75, 3.05) is 5.32 Å². The second kappa shape index (κ2) is 5.42.